The van der Waals surface area contributed by atoms with Crippen LogP contribution in [0.2, 0.25) is 0 Å². The van der Waals surface area contributed by atoms with Crippen molar-refractivity contribution in [1.82, 2.24) is 0 Å². The van der Waals surface area contributed by atoms with Gasteiger partial charge in [-0.05, 0) is 118 Å². The summed E-state index contributed by atoms with van der Waals surface area (Å²) in [5, 5.41) is 0. The maximum atomic E-state index is 2.71. The van der Waals surface area contributed by atoms with Gasteiger partial charge in [0, 0.05) is 18.8 Å². The summed E-state index contributed by atoms with van der Waals surface area (Å²) in [6.45, 7) is 25.3. The lowest BCUT2D eigenvalue weighted by Crippen LogP contribution is -2.43. The third kappa shape index (κ3) is 9.10. The number of anilines is 1. The SMILES string of the molecule is CCCN(C[C@@H](Cc1ccccc1)C(C)(CCC)c1c(C)cc(C)cc1C)c1c(C)cc(C)cc1C.CCc1ccccc1. The molecule has 0 bridgehead atoms. The molecule has 0 N–H and O–H groups in total. The normalized spacial score (nSPS) is 13.0. The number of aryl methyl sites for hydroxylation is 7. The summed E-state index contributed by atoms with van der Waals surface area (Å²) < 4.78 is 0. The maximum absolute atomic E-state index is 2.71. The Kier molecular flexibility index (Phi) is 13.3. The highest BCUT2D eigenvalue weighted by Crippen LogP contribution is 2.43. The molecule has 0 amide bonds. The maximum Gasteiger partial charge on any atom is 0.0425 e. The Hall–Kier alpha value is -3.32. The van der Waals surface area contributed by atoms with Crippen LogP contribution in [0.3, 0.4) is 0 Å². The molecule has 0 saturated carbocycles. The second kappa shape index (κ2) is 16.7. The van der Waals surface area contributed by atoms with Crippen molar-refractivity contribution in [2.75, 3.05) is 18.0 Å². The first kappa shape index (κ1) is 35.2. The largest absolute Gasteiger partial charge is 0.371 e. The van der Waals surface area contributed by atoms with Gasteiger partial charge in [-0.15, -0.1) is 0 Å². The lowest BCUT2D eigenvalue weighted by atomic mass is 9.64. The molecule has 4 aromatic rings. The Labute approximate surface area is 270 Å². The van der Waals surface area contributed by atoms with Crippen LogP contribution in [0, 0.1) is 47.5 Å². The molecule has 1 heteroatoms. The average molecular weight is 590 g/mol. The summed E-state index contributed by atoms with van der Waals surface area (Å²) in [6, 6.07) is 31.1. The van der Waals surface area contributed by atoms with Crippen LogP contribution in [0.25, 0.3) is 0 Å². The Balaban J connectivity index is 0.000000572. The molecule has 2 atom stereocenters. The Morgan fingerprint density at radius 1 is 0.614 bits per heavy atom. The van der Waals surface area contributed by atoms with E-state index in [1.165, 1.54) is 63.0 Å². The highest BCUT2D eigenvalue weighted by atomic mass is 15.1. The van der Waals surface area contributed by atoms with Gasteiger partial charge in [-0.2, -0.15) is 0 Å². The zero-order valence-corrected chi connectivity index (χ0v) is 29.6. The topological polar surface area (TPSA) is 3.24 Å². The van der Waals surface area contributed by atoms with Crippen LogP contribution < -0.4 is 4.90 Å². The van der Waals surface area contributed by atoms with Crippen molar-refractivity contribution in [3.8, 4) is 0 Å². The van der Waals surface area contributed by atoms with Gasteiger partial charge >= 0.3 is 0 Å². The van der Waals surface area contributed by atoms with Crippen LogP contribution in [-0.2, 0) is 18.3 Å². The molecule has 0 radical (unpaired) electrons. The minimum absolute atomic E-state index is 0.0883. The van der Waals surface area contributed by atoms with Gasteiger partial charge in [0.1, 0.15) is 0 Å². The smallest absolute Gasteiger partial charge is 0.0425 e. The van der Waals surface area contributed by atoms with E-state index in [2.05, 4.69) is 153 Å². The highest BCUT2D eigenvalue weighted by molar-refractivity contribution is 5.60. The molecule has 4 aromatic carbocycles. The van der Waals surface area contributed by atoms with Gasteiger partial charge in [-0.25, -0.2) is 0 Å². The fourth-order valence-corrected chi connectivity index (χ4v) is 7.74. The number of hydrogen-bond acceptors (Lipinski definition) is 1. The van der Waals surface area contributed by atoms with E-state index in [1.807, 2.05) is 6.07 Å². The average Bonchev–Trinajstić information content (AvgIpc) is 2.97. The van der Waals surface area contributed by atoms with Crippen molar-refractivity contribution in [2.45, 2.75) is 107 Å². The van der Waals surface area contributed by atoms with Gasteiger partial charge in [-0.3, -0.25) is 0 Å². The first-order valence-electron chi connectivity index (χ1n) is 17.0. The first-order chi connectivity index (χ1) is 21.0. The van der Waals surface area contributed by atoms with Crippen LogP contribution >= 0.6 is 0 Å². The van der Waals surface area contributed by atoms with E-state index >= 15 is 0 Å². The molecule has 4 rings (SSSR count). The van der Waals surface area contributed by atoms with Crippen molar-refractivity contribution in [2.24, 2.45) is 5.92 Å². The molecule has 0 aliphatic heterocycles. The first-order valence-corrected chi connectivity index (χ1v) is 17.0. The lowest BCUT2D eigenvalue weighted by Gasteiger charge is -2.44. The van der Waals surface area contributed by atoms with Crippen LogP contribution in [0.4, 0.5) is 5.69 Å². The predicted octanol–water partition coefficient (Wildman–Crippen LogP) is 11.6. The molecule has 0 spiro atoms. The van der Waals surface area contributed by atoms with E-state index in [-0.39, 0.29) is 5.41 Å². The third-order valence-electron chi connectivity index (χ3n) is 9.38. The second-order valence-electron chi connectivity index (χ2n) is 13.4. The third-order valence-corrected chi connectivity index (χ3v) is 9.38. The number of benzene rings is 4. The van der Waals surface area contributed by atoms with Crippen LogP contribution in [0.1, 0.15) is 97.0 Å². The summed E-state index contributed by atoms with van der Waals surface area (Å²) in [5.41, 5.74) is 14.4. The molecule has 0 aliphatic rings. The van der Waals surface area contributed by atoms with Gasteiger partial charge in [0.25, 0.3) is 0 Å². The van der Waals surface area contributed by atoms with E-state index < -0.39 is 0 Å². The molecule has 1 unspecified atom stereocenters. The Bertz CT molecular complexity index is 1390. The van der Waals surface area contributed by atoms with Gasteiger partial charge in [0.05, 0.1) is 0 Å². The van der Waals surface area contributed by atoms with Gasteiger partial charge in [-0.1, -0.05) is 130 Å². The van der Waals surface area contributed by atoms with E-state index in [0.29, 0.717) is 5.92 Å². The molecule has 0 fully saturated rings. The standard InChI is InChI=1S/C35H49N.C8H10/c1-10-17-35(9,33-27(5)19-25(3)20-28(33)6)32(23-31-15-13-12-14-16-31)24-36(18-11-2)34-29(7)21-26(4)22-30(34)8;1-2-8-6-4-3-5-7-8/h12-16,19-22,32H,10-11,17-18,23-24H2,1-9H3;3-7H,2H2,1H3/t32-,35?;/m1./s1. The van der Waals surface area contributed by atoms with Crippen molar-refractivity contribution in [3.63, 3.8) is 0 Å². The minimum Gasteiger partial charge on any atom is -0.371 e. The fourth-order valence-electron chi connectivity index (χ4n) is 7.74. The molecular weight excluding hydrogens is 530 g/mol. The van der Waals surface area contributed by atoms with Crippen molar-refractivity contribution in [1.29, 1.82) is 0 Å². The minimum atomic E-state index is 0.0883. The monoisotopic (exact) mass is 589 g/mol. The van der Waals surface area contributed by atoms with E-state index in [0.717, 1.165) is 32.4 Å². The van der Waals surface area contributed by atoms with E-state index in [4.69, 9.17) is 0 Å². The number of nitrogens with zero attached hydrogens (tertiary/aromatic N) is 1. The summed E-state index contributed by atoms with van der Waals surface area (Å²) in [7, 11) is 0. The fraction of sp³-hybridized carbons (Fsp3) is 0.442. The zero-order valence-electron chi connectivity index (χ0n) is 29.6. The Morgan fingerprint density at radius 3 is 1.52 bits per heavy atom. The molecule has 44 heavy (non-hydrogen) atoms. The van der Waals surface area contributed by atoms with Crippen molar-refractivity contribution < 1.29 is 0 Å². The summed E-state index contributed by atoms with van der Waals surface area (Å²) in [6.07, 6.45) is 5.76. The second-order valence-corrected chi connectivity index (χ2v) is 13.4. The molecule has 0 saturated heterocycles. The van der Waals surface area contributed by atoms with Crippen molar-refractivity contribution in [3.05, 3.63) is 135 Å². The molecule has 236 valence electrons. The molecule has 1 nitrogen and oxygen atoms in total. The summed E-state index contributed by atoms with van der Waals surface area (Å²) >= 11 is 0. The van der Waals surface area contributed by atoms with Crippen molar-refractivity contribution >= 4 is 5.69 Å². The van der Waals surface area contributed by atoms with Gasteiger partial charge in [0.2, 0.25) is 0 Å². The molecule has 0 aliphatic carbocycles. The molecular formula is C43H59N. The van der Waals surface area contributed by atoms with Crippen LogP contribution in [-0.4, -0.2) is 13.1 Å². The zero-order chi connectivity index (χ0) is 32.3. The quantitative estimate of drug-likeness (QED) is 0.159. The number of rotatable bonds is 12. The Morgan fingerprint density at radius 2 is 1.09 bits per heavy atom. The van der Waals surface area contributed by atoms with Crippen LogP contribution in [0.15, 0.2) is 84.9 Å². The van der Waals surface area contributed by atoms with E-state index in [9.17, 15) is 0 Å². The molecule has 0 aromatic heterocycles. The van der Waals surface area contributed by atoms with Gasteiger partial charge < -0.3 is 4.90 Å². The van der Waals surface area contributed by atoms with Gasteiger partial charge in [0.15, 0.2) is 0 Å². The summed E-state index contributed by atoms with van der Waals surface area (Å²) in [5.74, 6) is 0.492. The lowest BCUT2D eigenvalue weighted by molar-refractivity contribution is 0.266. The van der Waals surface area contributed by atoms with Crippen LogP contribution in [0.5, 0.6) is 0 Å². The highest BCUT2D eigenvalue weighted by Gasteiger charge is 2.38. The number of hydrogen-bond donors (Lipinski definition) is 0. The van der Waals surface area contributed by atoms with E-state index in [1.54, 1.807) is 5.56 Å². The molecule has 0 heterocycles. The predicted molar refractivity (Wildman–Crippen MR) is 196 cm³/mol. The summed E-state index contributed by atoms with van der Waals surface area (Å²) in [4.78, 5) is 2.71.